The van der Waals surface area contributed by atoms with E-state index >= 15 is 0 Å². The van der Waals surface area contributed by atoms with E-state index < -0.39 is 5.97 Å². The summed E-state index contributed by atoms with van der Waals surface area (Å²) in [6.07, 6.45) is 5.29. The van der Waals surface area contributed by atoms with Gasteiger partial charge in [0.2, 0.25) is 0 Å². The second-order valence-corrected chi connectivity index (χ2v) is 5.82. The smallest absolute Gasteiger partial charge is 0.313 e. The van der Waals surface area contributed by atoms with Crippen molar-refractivity contribution in [2.75, 3.05) is 5.75 Å². The van der Waals surface area contributed by atoms with Crippen molar-refractivity contribution < 1.29 is 9.90 Å². The molecule has 0 spiro atoms. The average molecular weight is 329 g/mol. The van der Waals surface area contributed by atoms with Crippen LogP contribution >= 0.6 is 11.8 Å². The quantitative estimate of drug-likeness (QED) is 0.698. The first-order valence-electron chi connectivity index (χ1n) is 6.99. The molecule has 2 heterocycles. The van der Waals surface area contributed by atoms with Crippen LogP contribution in [0.2, 0.25) is 0 Å². The highest BCUT2D eigenvalue weighted by molar-refractivity contribution is 7.99. The summed E-state index contributed by atoms with van der Waals surface area (Å²) in [4.78, 5) is 14.9. The predicted octanol–water partition coefficient (Wildman–Crippen LogP) is 2.25. The third-order valence-corrected chi connectivity index (χ3v) is 4.26. The van der Waals surface area contributed by atoms with Gasteiger partial charge in [-0.05, 0) is 19.1 Å². The van der Waals surface area contributed by atoms with Gasteiger partial charge in [0, 0.05) is 18.1 Å². The number of hydrogen-bond acceptors (Lipinski definition) is 5. The summed E-state index contributed by atoms with van der Waals surface area (Å²) in [7, 11) is 0. The summed E-state index contributed by atoms with van der Waals surface area (Å²) < 4.78 is 3.81. The van der Waals surface area contributed by atoms with Crippen molar-refractivity contribution >= 4 is 17.7 Å². The maximum absolute atomic E-state index is 10.9. The third kappa shape index (κ3) is 3.26. The van der Waals surface area contributed by atoms with Crippen LogP contribution in [0.3, 0.4) is 0 Å². The van der Waals surface area contributed by atoms with Gasteiger partial charge in [-0.1, -0.05) is 30.0 Å². The molecule has 1 atom stereocenters. The number of aliphatic carboxylic acids is 1. The lowest BCUT2D eigenvalue weighted by molar-refractivity contribution is -0.133. The Hall–Kier alpha value is -2.61. The van der Waals surface area contributed by atoms with E-state index in [-0.39, 0.29) is 11.8 Å². The molecular weight excluding hydrogens is 314 g/mol. The summed E-state index contributed by atoms with van der Waals surface area (Å²) in [5.41, 5.74) is 0.896. The number of para-hydroxylation sites is 1. The number of carboxylic acids is 1. The molecule has 0 bridgehead atoms. The Morgan fingerprint density at radius 1 is 1.30 bits per heavy atom. The predicted molar refractivity (Wildman–Crippen MR) is 85.8 cm³/mol. The van der Waals surface area contributed by atoms with Gasteiger partial charge >= 0.3 is 5.97 Å². The normalized spacial score (nSPS) is 12.2. The van der Waals surface area contributed by atoms with E-state index in [2.05, 4.69) is 15.2 Å². The number of imidazole rings is 1. The fourth-order valence-corrected chi connectivity index (χ4v) is 2.90. The van der Waals surface area contributed by atoms with Crippen LogP contribution in [0.25, 0.3) is 5.69 Å². The average Bonchev–Trinajstić information content (AvgIpc) is 3.22. The molecule has 0 aliphatic rings. The molecule has 23 heavy (non-hydrogen) atoms. The van der Waals surface area contributed by atoms with Crippen LogP contribution in [-0.4, -0.2) is 41.1 Å². The maximum atomic E-state index is 10.9. The number of thioether (sulfide) groups is 1. The highest BCUT2D eigenvalue weighted by Crippen LogP contribution is 2.26. The van der Waals surface area contributed by atoms with Crippen molar-refractivity contribution in [2.45, 2.75) is 18.1 Å². The van der Waals surface area contributed by atoms with Crippen molar-refractivity contribution in [1.82, 2.24) is 24.3 Å². The number of carbonyl (C=O) groups is 1. The summed E-state index contributed by atoms with van der Waals surface area (Å²) in [6, 6.07) is 9.58. The molecule has 7 nitrogen and oxygen atoms in total. The van der Waals surface area contributed by atoms with Crippen molar-refractivity contribution in [1.29, 1.82) is 0 Å². The summed E-state index contributed by atoms with van der Waals surface area (Å²) in [5, 5.41) is 17.9. The highest BCUT2D eigenvalue weighted by Gasteiger charge is 2.20. The molecular formula is C15H15N5O2S. The zero-order valence-corrected chi connectivity index (χ0v) is 13.2. The molecule has 118 valence electrons. The van der Waals surface area contributed by atoms with Crippen LogP contribution in [0, 0.1) is 0 Å². The van der Waals surface area contributed by atoms with Gasteiger partial charge in [-0.2, -0.15) is 0 Å². The van der Waals surface area contributed by atoms with Crippen LogP contribution in [0.1, 0.15) is 18.8 Å². The molecule has 0 saturated carbocycles. The van der Waals surface area contributed by atoms with E-state index in [1.165, 1.54) is 0 Å². The molecule has 0 aliphatic heterocycles. The Bertz CT molecular complexity index is 786. The monoisotopic (exact) mass is 329 g/mol. The van der Waals surface area contributed by atoms with E-state index in [4.69, 9.17) is 5.11 Å². The topological polar surface area (TPSA) is 85.8 Å². The first-order valence-corrected chi connectivity index (χ1v) is 7.98. The Kier molecular flexibility index (Phi) is 4.42. The minimum atomic E-state index is -0.887. The van der Waals surface area contributed by atoms with Gasteiger partial charge in [-0.15, -0.1) is 10.2 Å². The molecule has 0 saturated heterocycles. The largest absolute Gasteiger partial charge is 0.481 e. The summed E-state index contributed by atoms with van der Waals surface area (Å²) in [5.74, 6) is -0.228. The molecule has 1 N–H and O–H groups in total. The van der Waals surface area contributed by atoms with Crippen LogP contribution in [0.5, 0.6) is 0 Å². The Morgan fingerprint density at radius 3 is 2.74 bits per heavy atom. The number of aromatic nitrogens is 5. The van der Waals surface area contributed by atoms with Crippen LogP contribution in [0.15, 0.2) is 54.2 Å². The number of benzene rings is 1. The Balaban J connectivity index is 2.04. The zero-order valence-electron chi connectivity index (χ0n) is 12.4. The minimum absolute atomic E-state index is 0.0651. The minimum Gasteiger partial charge on any atom is -0.481 e. The number of hydrogen-bond donors (Lipinski definition) is 1. The van der Waals surface area contributed by atoms with E-state index in [0.29, 0.717) is 5.16 Å². The van der Waals surface area contributed by atoms with Gasteiger partial charge in [-0.3, -0.25) is 9.36 Å². The number of nitrogens with zero attached hydrogens (tertiary/aromatic N) is 5. The lowest BCUT2D eigenvalue weighted by Gasteiger charge is -2.15. The fourth-order valence-electron chi connectivity index (χ4n) is 2.22. The van der Waals surface area contributed by atoms with Crippen molar-refractivity contribution in [3.05, 3.63) is 54.9 Å². The van der Waals surface area contributed by atoms with Crippen molar-refractivity contribution in [3.8, 4) is 5.69 Å². The molecule has 1 unspecified atom stereocenters. The molecule has 8 heteroatoms. The van der Waals surface area contributed by atoms with E-state index in [9.17, 15) is 4.79 Å². The van der Waals surface area contributed by atoms with Crippen molar-refractivity contribution in [2.24, 2.45) is 0 Å². The first kappa shape index (κ1) is 15.3. The van der Waals surface area contributed by atoms with Gasteiger partial charge in [0.15, 0.2) is 11.0 Å². The lowest BCUT2D eigenvalue weighted by Crippen LogP contribution is -2.12. The van der Waals surface area contributed by atoms with E-state index in [1.807, 2.05) is 52.6 Å². The van der Waals surface area contributed by atoms with Crippen LogP contribution < -0.4 is 0 Å². The third-order valence-electron chi connectivity index (χ3n) is 3.34. The second kappa shape index (κ2) is 6.66. The van der Waals surface area contributed by atoms with Crippen molar-refractivity contribution in [3.63, 3.8) is 0 Å². The fraction of sp³-hybridized carbons (Fsp3) is 0.200. The molecule has 0 aliphatic carbocycles. The van der Waals surface area contributed by atoms with Crippen LogP contribution in [-0.2, 0) is 4.79 Å². The van der Waals surface area contributed by atoms with Gasteiger partial charge in [0.05, 0.1) is 18.1 Å². The van der Waals surface area contributed by atoms with Gasteiger partial charge in [0.1, 0.15) is 0 Å². The van der Waals surface area contributed by atoms with E-state index in [0.717, 1.165) is 23.3 Å². The maximum Gasteiger partial charge on any atom is 0.313 e. The molecule has 3 aromatic rings. The van der Waals surface area contributed by atoms with Gasteiger partial charge < -0.3 is 9.67 Å². The summed E-state index contributed by atoms with van der Waals surface area (Å²) in [6.45, 7) is 2.00. The second-order valence-electron chi connectivity index (χ2n) is 4.88. The first-order chi connectivity index (χ1) is 11.2. The van der Waals surface area contributed by atoms with Gasteiger partial charge in [0.25, 0.3) is 0 Å². The number of carboxylic acid groups (broad SMARTS) is 1. The Labute approximate surface area is 137 Å². The molecule has 0 amide bonds. The van der Waals surface area contributed by atoms with E-state index in [1.54, 1.807) is 12.5 Å². The molecule has 0 fully saturated rings. The van der Waals surface area contributed by atoms with Gasteiger partial charge in [-0.25, -0.2) is 4.98 Å². The van der Waals surface area contributed by atoms with Crippen LogP contribution in [0.4, 0.5) is 0 Å². The SMILES string of the molecule is CC(c1nnc(SCC(=O)O)n1-c1ccccc1)n1ccnc1. The zero-order chi connectivity index (χ0) is 16.2. The summed E-state index contributed by atoms with van der Waals surface area (Å²) >= 11 is 1.15. The molecule has 2 aromatic heterocycles. The highest BCUT2D eigenvalue weighted by atomic mass is 32.2. The number of rotatable bonds is 6. The lowest BCUT2D eigenvalue weighted by atomic mass is 10.2. The standard InChI is InChI=1S/C15H15N5O2S/c1-11(19-8-7-16-10-19)14-17-18-15(23-9-13(21)22)20(14)12-5-3-2-4-6-12/h2-8,10-11H,9H2,1H3,(H,21,22). The Morgan fingerprint density at radius 2 is 2.09 bits per heavy atom. The molecule has 1 aromatic carbocycles. The molecule has 0 radical (unpaired) electrons. The molecule has 3 rings (SSSR count).